The zero-order valence-corrected chi connectivity index (χ0v) is 11.7. The van der Waals surface area contributed by atoms with Crippen LogP contribution in [0.4, 0.5) is 0 Å². The van der Waals surface area contributed by atoms with Crippen molar-refractivity contribution >= 4 is 0 Å². The lowest BCUT2D eigenvalue weighted by Crippen LogP contribution is -2.40. The molecule has 3 heteroatoms. The van der Waals surface area contributed by atoms with Gasteiger partial charge in [0.05, 0.1) is 12.6 Å². The molecule has 2 aliphatic rings. The molecule has 3 nitrogen and oxygen atoms in total. The Morgan fingerprint density at radius 2 is 2.16 bits per heavy atom. The average molecular weight is 260 g/mol. The molecule has 104 valence electrons. The van der Waals surface area contributed by atoms with Crippen molar-refractivity contribution in [2.75, 3.05) is 6.61 Å². The van der Waals surface area contributed by atoms with Crippen LogP contribution in [0.5, 0.6) is 5.75 Å². The standard InChI is InChI=1S/C16H24N2O/c1-2-16(8-3-4-9-16)15(18-17)13-5-6-14-12(11-13)7-10-19-14/h5-6,11,15,18H,2-4,7-10,17H2,1H3. The topological polar surface area (TPSA) is 47.3 Å². The molecule has 1 aromatic carbocycles. The van der Waals surface area contributed by atoms with E-state index in [4.69, 9.17) is 10.6 Å². The Balaban J connectivity index is 1.93. The second-order valence-electron chi connectivity index (χ2n) is 5.99. The maximum absolute atomic E-state index is 5.91. The van der Waals surface area contributed by atoms with Gasteiger partial charge in [-0.2, -0.15) is 0 Å². The summed E-state index contributed by atoms with van der Waals surface area (Å²) in [7, 11) is 0. The minimum Gasteiger partial charge on any atom is -0.493 e. The highest BCUT2D eigenvalue weighted by Gasteiger charge is 2.40. The van der Waals surface area contributed by atoms with Crippen LogP contribution in [0.3, 0.4) is 0 Å². The van der Waals surface area contributed by atoms with Crippen LogP contribution in [0.25, 0.3) is 0 Å². The van der Waals surface area contributed by atoms with Gasteiger partial charge in [0.2, 0.25) is 0 Å². The number of fused-ring (bicyclic) bond motifs is 1. The lowest BCUT2D eigenvalue weighted by atomic mass is 9.73. The number of nitrogens with one attached hydrogen (secondary N) is 1. The van der Waals surface area contributed by atoms with Gasteiger partial charge in [0, 0.05) is 6.42 Å². The SMILES string of the molecule is CCC1(C(NN)c2ccc3c(c2)CCO3)CCCC1. The lowest BCUT2D eigenvalue weighted by molar-refractivity contribution is 0.188. The van der Waals surface area contributed by atoms with Crippen molar-refractivity contribution in [2.24, 2.45) is 11.3 Å². The summed E-state index contributed by atoms with van der Waals surface area (Å²) >= 11 is 0. The van der Waals surface area contributed by atoms with Gasteiger partial charge in [-0.15, -0.1) is 0 Å². The van der Waals surface area contributed by atoms with Crippen molar-refractivity contribution in [1.29, 1.82) is 0 Å². The average Bonchev–Trinajstić information content (AvgIpc) is 3.08. The molecule has 19 heavy (non-hydrogen) atoms. The van der Waals surface area contributed by atoms with Gasteiger partial charge in [-0.25, -0.2) is 0 Å². The summed E-state index contributed by atoms with van der Waals surface area (Å²) < 4.78 is 5.59. The highest BCUT2D eigenvalue weighted by molar-refractivity contribution is 5.41. The van der Waals surface area contributed by atoms with Crippen molar-refractivity contribution < 1.29 is 4.74 Å². The number of rotatable bonds is 4. The number of ether oxygens (including phenoxy) is 1. The molecule has 0 radical (unpaired) electrons. The molecule has 1 fully saturated rings. The Morgan fingerprint density at radius 3 is 2.84 bits per heavy atom. The molecule has 0 bridgehead atoms. The van der Waals surface area contributed by atoms with Crippen LogP contribution in [-0.4, -0.2) is 6.61 Å². The Labute approximate surface area is 115 Å². The highest BCUT2D eigenvalue weighted by Crippen LogP contribution is 2.50. The molecule has 1 aliphatic carbocycles. The zero-order valence-electron chi connectivity index (χ0n) is 11.7. The first-order valence-corrected chi connectivity index (χ1v) is 7.51. The second-order valence-corrected chi connectivity index (χ2v) is 5.99. The minimum absolute atomic E-state index is 0.269. The molecule has 0 spiro atoms. The van der Waals surface area contributed by atoms with Crippen LogP contribution in [0, 0.1) is 5.41 Å². The van der Waals surface area contributed by atoms with Crippen LogP contribution >= 0.6 is 0 Å². The Hall–Kier alpha value is -1.06. The van der Waals surface area contributed by atoms with Gasteiger partial charge in [0.25, 0.3) is 0 Å². The Bertz CT molecular complexity index is 452. The Kier molecular flexibility index (Phi) is 3.50. The summed E-state index contributed by atoms with van der Waals surface area (Å²) in [5.41, 5.74) is 6.10. The summed E-state index contributed by atoms with van der Waals surface area (Å²) in [4.78, 5) is 0. The highest BCUT2D eigenvalue weighted by atomic mass is 16.5. The predicted octanol–water partition coefficient (Wildman–Crippen LogP) is 3.10. The summed E-state index contributed by atoms with van der Waals surface area (Å²) in [6.45, 7) is 3.12. The van der Waals surface area contributed by atoms with E-state index in [0.29, 0.717) is 5.41 Å². The Morgan fingerprint density at radius 1 is 1.37 bits per heavy atom. The van der Waals surface area contributed by atoms with Gasteiger partial charge in [-0.1, -0.05) is 31.9 Å². The van der Waals surface area contributed by atoms with Crippen LogP contribution in [0.2, 0.25) is 0 Å². The smallest absolute Gasteiger partial charge is 0.122 e. The zero-order chi connectivity index (χ0) is 13.3. The van der Waals surface area contributed by atoms with Crippen LogP contribution < -0.4 is 16.0 Å². The number of hydrogen-bond acceptors (Lipinski definition) is 3. The molecule has 0 saturated heterocycles. The van der Waals surface area contributed by atoms with Crippen molar-refractivity contribution in [1.82, 2.24) is 5.43 Å². The van der Waals surface area contributed by atoms with Crippen LogP contribution in [-0.2, 0) is 6.42 Å². The second kappa shape index (κ2) is 5.14. The maximum atomic E-state index is 5.91. The lowest BCUT2D eigenvalue weighted by Gasteiger charge is -2.37. The maximum Gasteiger partial charge on any atom is 0.122 e. The van der Waals surface area contributed by atoms with Gasteiger partial charge in [0.1, 0.15) is 5.75 Å². The van der Waals surface area contributed by atoms with Crippen molar-refractivity contribution in [3.8, 4) is 5.75 Å². The van der Waals surface area contributed by atoms with E-state index < -0.39 is 0 Å². The van der Waals surface area contributed by atoms with Gasteiger partial charge in [-0.05, 0) is 41.9 Å². The summed E-state index contributed by atoms with van der Waals surface area (Å²) in [5, 5.41) is 0. The van der Waals surface area contributed by atoms with Crippen LogP contribution in [0.15, 0.2) is 18.2 Å². The number of benzene rings is 1. The van der Waals surface area contributed by atoms with Crippen LogP contribution in [0.1, 0.15) is 56.2 Å². The van der Waals surface area contributed by atoms with E-state index in [1.54, 1.807) is 0 Å². The van der Waals surface area contributed by atoms with Gasteiger partial charge in [-0.3, -0.25) is 11.3 Å². The van der Waals surface area contributed by atoms with E-state index in [1.165, 1.54) is 43.2 Å². The first-order chi connectivity index (χ1) is 9.29. The predicted molar refractivity (Wildman–Crippen MR) is 76.9 cm³/mol. The summed E-state index contributed by atoms with van der Waals surface area (Å²) in [6, 6.07) is 6.86. The minimum atomic E-state index is 0.269. The van der Waals surface area contributed by atoms with E-state index in [2.05, 4.69) is 30.5 Å². The molecule has 0 aromatic heterocycles. The molecule has 1 unspecified atom stereocenters. The molecule has 3 N–H and O–H groups in total. The van der Waals surface area contributed by atoms with Crippen molar-refractivity contribution in [3.63, 3.8) is 0 Å². The first-order valence-electron chi connectivity index (χ1n) is 7.51. The third-order valence-electron chi connectivity index (χ3n) is 5.13. The number of nitrogens with two attached hydrogens (primary N) is 1. The van der Waals surface area contributed by atoms with E-state index in [1.807, 2.05) is 0 Å². The van der Waals surface area contributed by atoms with Crippen molar-refractivity contribution in [2.45, 2.75) is 51.5 Å². The molecule has 1 heterocycles. The normalized spacial score (nSPS) is 22.0. The summed E-state index contributed by atoms with van der Waals surface area (Å²) in [5.74, 6) is 6.96. The third-order valence-corrected chi connectivity index (χ3v) is 5.13. The fourth-order valence-corrected chi connectivity index (χ4v) is 3.94. The third kappa shape index (κ3) is 2.15. The fraction of sp³-hybridized carbons (Fsp3) is 0.625. The fourth-order valence-electron chi connectivity index (χ4n) is 3.94. The van der Waals surface area contributed by atoms with Gasteiger partial charge < -0.3 is 4.74 Å². The number of hydrazine groups is 1. The molecule has 1 aromatic rings. The van der Waals surface area contributed by atoms with E-state index in [9.17, 15) is 0 Å². The van der Waals surface area contributed by atoms with Gasteiger partial charge in [0.15, 0.2) is 0 Å². The largest absolute Gasteiger partial charge is 0.493 e. The molecular formula is C16H24N2O. The van der Waals surface area contributed by atoms with Gasteiger partial charge >= 0.3 is 0 Å². The first kappa shape index (κ1) is 12.9. The molecule has 1 atom stereocenters. The molecule has 1 saturated carbocycles. The summed E-state index contributed by atoms with van der Waals surface area (Å²) in [6.07, 6.45) is 7.45. The van der Waals surface area contributed by atoms with E-state index in [0.717, 1.165) is 18.8 Å². The van der Waals surface area contributed by atoms with E-state index in [-0.39, 0.29) is 6.04 Å². The molecule has 3 rings (SSSR count). The molecule has 0 amide bonds. The number of hydrogen-bond donors (Lipinski definition) is 2. The van der Waals surface area contributed by atoms with Crippen molar-refractivity contribution in [3.05, 3.63) is 29.3 Å². The molecular weight excluding hydrogens is 236 g/mol. The quantitative estimate of drug-likeness (QED) is 0.646. The van der Waals surface area contributed by atoms with E-state index >= 15 is 0 Å². The monoisotopic (exact) mass is 260 g/mol. The molecule has 1 aliphatic heterocycles.